The topological polar surface area (TPSA) is 43.9 Å². The molecule has 1 saturated heterocycles. The number of hydrogen-bond donors (Lipinski definition) is 0. The predicted molar refractivity (Wildman–Crippen MR) is 69.6 cm³/mol. The van der Waals surface area contributed by atoms with Crippen LogP contribution in [0.15, 0.2) is 24.3 Å². The number of likely N-dealkylation sites (N-methyl/N-ethyl adjacent to an activating group) is 1. The van der Waals surface area contributed by atoms with Crippen molar-refractivity contribution in [2.45, 2.75) is 0 Å². The summed E-state index contributed by atoms with van der Waals surface area (Å²) in [6.07, 6.45) is 0. The minimum absolute atomic E-state index is 0.0483. The molecule has 0 aliphatic carbocycles. The van der Waals surface area contributed by atoms with Crippen molar-refractivity contribution in [3.63, 3.8) is 0 Å². The molecule has 0 spiro atoms. The number of halogens is 1. The Morgan fingerprint density at radius 3 is 2.44 bits per heavy atom. The lowest BCUT2D eigenvalue weighted by atomic mass is 10.3. The Hall–Kier alpha value is -1.75. The number of hydrogen-bond acceptors (Lipinski definition) is 2. The summed E-state index contributed by atoms with van der Waals surface area (Å²) < 4.78 is 0. The van der Waals surface area contributed by atoms with Crippen molar-refractivity contribution in [2.75, 3.05) is 32.2 Å². The summed E-state index contributed by atoms with van der Waals surface area (Å²) in [6, 6.07) is 6.78. The van der Waals surface area contributed by atoms with Gasteiger partial charge in [-0.05, 0) is 24.3 Å². The molecule has 0 radical (unpaired) electrons. The summed E-state index contributed by atoms with van der Waals surface area (Å²) in [5.41, 5.74) is 0.742. The highest BCUT2D eigenvalue weighted by Gasteiger charge is 2.30. The van der Waals surface area contributed by atoms with E-state index in [1.807, 2.05) is 0 Å². The molecule has 5 nitrogen and oxygen atoms in total. The molecule has 6 heteroatoms. The Kier molecular flexibility index (Phi) is 3.43. The largest absolute Gasteiger partial charge is 0.326 e. The monoisotopic (exact) mass is 267 g/mol. The zero-order chi connectivity index (χ0) is 13.3. The fourth-order valence-corrected chi connectivity index (χ4v) is 1.91. The van der Waals surface area contributed by atoms with Gasteiger partial charge in [0, 0.05) is 24.8 Å². The molecule has 0 bridgehead atoms. The number of nitrogens with zero attached hydrogens (tertiary/aromatic N) is 3. The van der Waals surface area contributed by atoms with E-state index in [2.05, 4.69) is 0 Å². The van der Waals surface area contributed by atoms with Crippen LogP contribution < -0.4 is 4.90 Å². The first-order valence-corrected chi connectivity index (χ1v) is 5.89. The van der Waals surface area contributed by atoms with Gasteiger partial charge in [0.05, 0.1) is 6.67 Å². The first kappa shape index (κ1) is 12.7. The van der Waals surface area contributed by atoms with Gasteiger partial charge in [0.25, 0.3) is 0 Å². The molecule has 0 saturated carbocycles. The van der Waals surface area contributed by atoms with Gasteiger partial charge in [-0.25, -0.2) is 4.79 Å². The molecule has 1 aromatic carbocycles. The minimum atomic E-state index is -0.199. The van der Waals surface area contributed by atoms with Gasteiger partial charge in [-0.2, -0.15) is 0 Å². The summed E-state index contributed by atoms with van der Waals surface area (Å²) in [7, 11) is 3.35. The Bertz CT molecular complexity index is 475. The van der Waals surface area contributed by atoms with E-state index in [0.717, 1.165) is 5.69 Å². The SMILES string of the molecule is CN1CN(C(=O)N(C)c2ccc(Cl)cc2)CC1=O. The average Bonchev–Trinajstić information content (AvgIpc) is 2.69. The summed E-state index contributed by atoms with van der Waals surface area (Å²) in [5, 5.41) is 0.621. The molecule has 1 fully saturated rings. The molecule has 0 aromatic heterocycles. The van der Waals surface area contributed by atoms with Crippen LogP contribution in [0.5, 0.6) is 0 Å². The van der Waals surface area contributed by atoms with E-state index in [4.69, 9.17) is 11.6 Å². The van der Waals surface area contributed by atoms with Crippen LogP contribution in [-0.2, 0) is 4.79 Å². The maximum Gasteiger partial charge on any atom is 0.326 e. The van der Waals surface area contributed by atoms with Crippen LogP contribution in [0.3, 0.4) is 0 Å². The van der Waals surface area contributed by atoms with Crippen molar-refractivity contribution in [1.29, 1.82) is 0 Å². The van der Waals surface area contributed by atoms with Crippen molar-refractivity contribution in [2.24, 2.45) is 0 Å². The number of carbonyl (C=O) groups excluding carboxylic acids is 2. The molecule has 1 aliphatic heterocycles. The van der Waals surface area contributed by atoms with Crippen molar-refractivity contribution >= 4 is 29.2 Å². The lowest BCUT2D eigenvalue weighted by Gasteiger charge is -2.23. The third kappa shape index (κ3) is 2.41. The van der Waals surface area contributed by atoms with Crippen LogP contribution in [-0.4, -0.2) is 49.0 Å². The molecule has 0 N–H and O–H groups in total. The molecule has 3 amide bonds. The van der Waals surface area contributed by atoms with E-state index >= 15 is 0 Å². The molecular weight excluding hydrogens is 254 g/mol. The molecule has 0 atom stereocenters. The first-order valence-electron chi connectivity index (χ1n) is 5.51. The number of anilines is 1. The lowest BCUT2D eigenvalue weighted by molar-refractivity contribution is -0.125. The zero-order valence-corrected chi connectivity index (χ0v) is 11.0. The second-order valence-corrected chi connectivity index (χ2v) is 4.69. The average molecular weight is 268 g/mol. The van der Waals surface area contributed by atoms with Crippen LogP contribution in [0.4, 0.5) is 10.5 Å². The quantitative estimate of drug-likeness (QED) is 0.776. The lowest BCUT2D eigenvalue weighted by Crippen LogP contribution is -2.40. The Morgan fingerprint density at radius 2 is 1.94 bits per heavy atom. The maximum absolute atomic E-state index is 12.2. The third-order valence-corrected chi connectivity index (χ3v) is 3.16. The van der Waals surface area contributed by atoms with Gasteiger partial charge in [-0.15, -0.1) is 0 Å². The Labute approximate surface area is 111 Å². The maximum atomic E-state index is 12.2. The van der Waals surface area contributed by atoms with E-state index in [1.54, 1.807) is 38.4 Å². The van der Waals surface area contributed by atoms with Gasteiger partial charge in [0.15, 0.2) is 0 Å². The normalized spacial score (nSPS) is 15.2. The summed E-state index contributed by atoms with van der Waals surface area (Å²) in [6.45, 7) is 0.461. The molecule has 2 rings (SSSR count). The van der Waals surface area contributed by atoms with Crippen LogP contribution in [0.2, 0.25) is 5.02 Å². The van der Waals surface area contributed by atoms with Crippen molar-refractivity contribution in [3.05, 3.63) is 29.3 Å². The predicted octanol–water partition coefficient (Wildman–Crippen LogP) is 1.63. The van der Waals surface area contributed by atoms with Crippen LogP contribution in [0.1, 0.15) is 0 Å². The molecule has 18 heavy (non-hydrogen) atoms. The van der Waals surface area contributed by atoms with Crippen LogP contribution >= 0.6 is 11.6 Å². The van der Waals surface area contributed by atoms with Gasteiger partial charge in [-0.3, -0.25) is 14.6 Å². The van der Waals surface area contributed by atoms with Crippen LogP contribution in [0.25, 0.3) is 0 Å². The number of benzene rings is 1. The first-order chi connectivity index (χ1) is 8.49. The molecule has 0 unspecified atom stereocenters. The number of urea groups is 1. The highest BCUT2D eigenvalue weighted by molar-refractivity contribution is 6.30. The number of carbonyl (C=O) groups is 2. The van der Waals surface area contributed by atoms with Crippen LogP contribution in [0, 0.1) is 0 Å². The molecule has 1 heterocycles. The van der Waals surface area contributed by atoms with Crippen molar-refractivity contribution < 1.29 is 9.59 Å². The molecule has 96 valence electrons. The Morgan fingerprint density at radius 1 is 1.33 bits per heavy atom. The van der Waals surface area contributed by atoms with E-state index in [-0.39, 0.29) is 18.5 Å². The van der Waals surface area contributed by atoms with Crippen molar-refractivity contribution in [1.82, 2.24) is 9.80 Å². The minimum Gasteiger partial charge on any atom is -0.326 e. The van der Waals surface area contributed by atoms with E-state index < -0.39 is 0 Å². The molecule has 1 aromatic rings. The summed E-state index contributed by atoms with van der Waals surface area (Å²) in [5.74, 6) is -0.0483. The standard InChI is InChI=1S/C12H14ClN3O2/c1-14-8-16(7-11(14)17)12(18)15(2)10-5-3-9(13)4-6-10/h3-6H,7-8H2,1-2H3. The second kappa shape index (κ2) is 4.86. The summed E-state index contributed by atoms with van der Waals surface area (Å²) in [4.78, 5) is 28.1. The fourth-order valence-electron chi connectivity index (χ4n) is 1.78. The highest BCUT2D eigenvalue weighted by Crippen LogP contribution is 2.18. The number of amides is 3. The van der Waals surface area contributed by atoms with Gasteiger partial charge in [0.2, 0.25) is 5.91 Å². The van der Waals surface area contributed by atoms with E-state index in [0.29, 0.717) is 11.7 Å². The highest BCUT2D eigenvalue weighted by atomic mass is 35.5. The van der Waals surface area contributed by atoms with Gasteiger partial charge in [-0.1, -0.05) is 11.6 Å². The van der Waals surface area contributed by atoms with E-state index in [9.17, 15) is 9.59 Å². The smallest absolute Gasteiger partial charge is 0.326 e. The molecular formula is C12H14ClN3O2. The van der Waals surface area contributed by atoms with Crippen molar-refractivity contribution in [3.8, 4) is 0 Å². The Balaban J connectivity index is 2.10. The third-order valence-electron chi connectivity index (χ3n) is 2.91. The zero-order valence-electron chi connectivity index (χ0n) is 10.3. The number of rotatable bonds is 1. The second-order valence-electron chi connectivity index (χ2n) is 4.25. The van der Waals surface area contributed by atoms with Gasteiger partial charge in [0.1, 0.15) is 6.54 Å². The van der Waals surface area contributed by atoms with E-state index in [1.165, 1.54) is 14.7 Å². The fraction of sp³-hybridized carbons (Fsp3) is 0.333. The van der Waals surface area contributed by atoms with Gasteiger partial charge < -0.3 is 4.90 Å². The molecule has 1 aliphatic rings. The summed E-state index contributed by atoms with van der Waals surface area (Å²) >= 11 is 5.80. The van der Waals surface area contributed by atoms with Gasteiger partial charge >= 0.3 is 6.03 Å².